The number of hydrogen-bond acceptors (Lipinski definition) is 2. The Kier molecular flexibility index (Phi) is 2.91. The highest BCUT2D eigenvalue weighted by molar-refractivity contribution is 6.42. The van der Waals surface area contributed by atoms with Crippen LogP contribution >= 0.6 is 23.2 Å². The highest BCUT2D eigenvalue weighted by Crippen LogP contribution is 2.36. The van der Waals surface area contributed by atoms with E-state index in [0.29, 0.717) is 21.4 Å². The summed E-state index contributed by atoms with van der Waals surface area (Å²) in [7, 11) is 0. The van der Waals surface area contributed by atoms with Crippen LogP contribution in [0.2, 0.25) is 10.0 Å². The van der Waals surface area contributed by atoms with Crippen molar-refractivity contribution in [2.75, 3.05) is 5.32 Å². The van der Waals surface area contributed by atoms with Crippen molar-refractivity contribution in [3.8, 4) is 0 Å². The van der Waals surface area contributed by atoms with Crippen molar-refractivity contribution in [2.24, 2.45) is 10.9 Å². The normalized spacial score (nSPS) is 19.6. The number of aliphatic imine (C=N–C) groups is 1. The van der Waals surface area contributed by atoms with Gasteiger partial charge in [-0.3, -0.25) is 9.79 Å². The van der Waals surface area contributed by atoms with Crippen LogP contribution in [0.1, 0.15) is 13.8 Å². The summed E-state index contributed by atoms with van der Waals surface area (Å²) in [4.78, 5) is 16.1. The lowest BCUT2D eigenvalue weighted by atomic mass is 10.1. The van der Waals surface area contributed by atoms with Gasteiger partial charge in [0.05, 0.1) is 27.3 Å². The second-order valence-corrected chi connectivity index (χ2v) is 4.56. The topological polar surface area (TPSA) is 41.5 Å². The number of nitrogens with zero attached hydrogens (tertiary/aromatic N) is 1. The van der Waals surface area contributed by atoms with Gasteiger partial charge in [-0.2, -0.15) is 0 Å². The molecule has 1 atom stereocenters. The smallest absolute Gasteiger partial charge is 0.232 e. The Hall–Kier alpha value is -1.06. The monoisotopic (exact) mass is 256 g/mol. The fourth-order valence-electron chi connectivity index (χ4n) is 1.45. The maximum atomic E-state index is 11.7. The van der Waals surface area contributed by atoms with E-state index in [1.165, 1.54) is 0 Å². The predicted molar refractivity (Wildman–Crippen MR) is 67.0 cm³/mol. The van der Waals surface area contributed by atoms with Gasteiger partial charge in [0.1, 0.15) is 0 Å². The van der Waals surface area contributed by atoms with Crippen molar-refractivity contribution < 1.29 is 4.79 Å². The largest absolute Gasteiger partial charge is 0.324 e. The molecule has 0 saturated carbocycles. The Bertz CT molecular complexity index is 497. The Labute approximate surface area is 103 Å². The minimum Gasteiger partial charge on any atom is -0.324 e. The quantitative estimate of drug-likeness (QED) is 0.756. The minimum atomic E-state index is -0.245. The van der Waals surface area contributed by atoms with E-state index in [4.69, 9.17) is 23.2 Å². The van der Waals surface area contributed by atoms with Gasteiger partial charge < -0.3 is 5.32 Å². The lowest BCUT2D eigenvalue weighted by molar-refractivity contribution is -0.117. The fourth-order valence-corrected chi connectivity index (χ4v) is 1.77. The van der Waals surface area contributed by atoms with Gasteiger partial charge in [0.15, 0.2) is 0 Å². The van der Waals surface area contributed by atoms with Crippen molar-refractivity contribution >= 4 is 46.2 Å². The molecule has 1 aromatic carbocycles. The second-order valence-electron chi connectivity index (χ2n) is 3.75. The van der Waals surface area contributed by atoms with Gasteiger partial charge in [-0.15, -0.1) is 0 Å². The van der Waals surface area contributed by atoms with E-state index in [1.54, 1.807) is 12.1 Å². The summed E-state index contributed by atoms with van der Waals surface area (Å²) in [6.45, 7) is 3.63. The zero-order valence-electron chi connectivity index (χ0n) is 8.84. The summed E-state index contributed by atoms with van der Waals surface area (Å²) in [6.07, 6.45) is 0. The summed E-state index contributed by atoms with van der Waals surface area (Å²) in [6, 6.07) is 3.27. The van der Waals surface area contributed by atoms with Crippen molar-refractivity contribution in [3.63, 3.8) is 0 Å². The van der Waals surface area contributed by atoms with E-state index in [2.05, 4.69) is 10.3 Å². The predicted octanol–water partition coefficient (Wildman–Crippen LogP) is 3.67. The summed E-state index contributed by atoms with van der Waals surface area (Å²) in [5, 5.41) is 3.61. The molecule has 1 heterocycles. The third-order valence-corrected chi connectivity index (χ3v) is 3.34. The van der Waals surface area contributed by atoms with Gasteiger partial charge in [-0.25, -0.2) is 0 Å². The Morgan fingerprint density at radius 1 is 1.31 bits per heavy atom. The van der Waals surface area contributed by atoms with Gasteiger partial charge in [0, 0.05) is 5.71 Å². The average Bonchev–Trinajstić information content (AvgIpc) is 2.31. The van der Waals surface area contributed by atoms with Crippen LogP contribution in [0.15, 0.2) is 17.1 Å². The first-order valence-corrected chi connectivity index (χ1v) is 5.59. The highest BCUT2D eigenvalue weighted by atomic mass is 35.5. The molecule has 1 aliphatic rings. The molecule has 16 heavy (non-hydrogen) atoms. The first-order valence-electron chi connectivity index (χ1n) is 4.84. The lowest BCUT2D eigenvalue weighted by Crippen LogP contribution is -2.23. The molecule has 0 saturated heterocycles. The molecule has 0 aromatic heterocycles. The number of carbonyl (C=O) groups excluding carboxylic acids is 1. The van der Waals surface area contributed by atoms with E-state index in [1.807, 2.05) is 13.8 Å². The summed E-state index contributed by atoms with van der Waals surface area (Å²) < 4.78 is 0. The Morgan fingerprint density at radius 3 is 2.62 bits per heavy atom. The molecule has 84 valence electrons. The maximum Gasteiger partial charge on any atom is 0.232 e. The van der Waals surface area contributed by atoms with Crippen LogP contribution in [-0.2, 0) is 4.79 Å². The van der Waals surface area contributed by atoms with Crippen LogP contribution in [0.4, 0.5) is 11.4 Å². The molecule has 0 bridgehead atoms. The van der Waals surface area contributed by atoms with Crippen molar-refractivity contribution in [1.82, 2.24) is 0 Å². The number of fused-ring (bicyclic) bond motifs is 1. The van der Waals surface area contributed by atoms with Crippen molar-refractivity contribution in [2.45, 2.75) is 13.8 Å². The summed E-state index contributed by atoms with van der Waals surface area (Å²) in [5.74, 6) is -0.330. The molecule has 1 aliphatic heterocycles. The summed E-state index contributed by atoms with van der Waals surface area (Å²) in [5.41, 5.74) is 2.00. The molecule has 1 aromatic rings. The second kappa shape index (κ2) is 4.07. The summed E-state index contributed by atoms with van der Waals surface area (Å²) >= 11 is 11.8. The zero-order valence-corrected chi connectivity index (χ0v) is 10.4. The molecule has 5 heteroatoms. The van der Waals surface area contributed by atoms with Crippen LogP contribution in [0.25, 0.3) is 0 Å². The number of anilines is 1. The Morgan fingerprint density at radius 2 is 1.94 bits per heavy atom. The van der Waals surface area contributed by atoms with Gasteiger partial charge in [0.25, 0.3) is 0 Å². The molecule has 2 rings (SSSR count). The average molecular weight is 257 g/mol. The number of hydrogen-bond donors (Lipinski definition) is 1. The van der Waals surface area contributed by atoms with Crippen LogP contribution in [0.5, 0.6) is 0 Å². The maximum absolute atomic E-state index is 11.7. The molecule has 0 spiro atoms. The molecule has 1 unspecified atom stereocenters. The number of nitrogens with one attached hydrogen (secondary N) is 1. The van der Waals surface area contributed by atoms with Crippen LogP contribution in [0.3, 0.4) is 0 Å². The molecule has 0 aliphatic carbocycles. The molecule has 0 radical (unpaired) electrons. The number of amides is 1. The highest BCUT2D eigenvalue weighted by Gasteiger charge is 2.21. The van der Waals surface area contributed by atoms with Gasteiger partial charge in [-0.1, -0.05) is 23.2 Å². The minimum absolute atomic E-state index is 0.0848. The fraction of sp³-hybridized carbons (Fsp3) is 0.273. The van der Waals surface area contributed by atoms with Gasteiger partial charge in [-0.05, 0) is 26.0 Å². The molecule has 0 fully saturated rings. The first-order chi connectivity index (χ1) is 7.49. The van der Waals surface area contributed by atoms with Gasteiger partial charge in [0.2, 0.25) is 5.91 Å². The number of benzene rings is 1. The van der Waals surface area contributed by atoms with Crippen LogP contribution in [0, 0.1) is 5.92 Å². The SMILES string of the molecule is CC1=Nc2cc(Cl)c(Cl)cc2NC(=O)C1C. The molecular formula is C11H10Cl2N2O. The standard InChI is InChI=1S/C11H10Cl2N2O/c1-5-6(2)14-9-3-7(12)8(13)4-10(9)15-11(5)16/h3-5H,1-2H3,(H,15,16). The number of halogens is 2. The van der Waals surface area contributed by atoms with Crippen LogP contribution in [-0.4, -0.2) is 11.6 Å². The zero-order chi connectivity index (χ0) is 11.9. The van der Waals surface area contributed by atoms with Crippen LogP contribution < -0.4 is 5.32 Å². The third kappa shape index (κ3) is 1.93. The number of carbonyl (C=O) groups is 1. The lowest BCUT2D eigenvalue weighted by Gasteiger charge is -2.08. The first kappa shape index (κ1) is 11.4. The molecule has 1 amide bonds. The van der Waals surface area contributed by atoms with E-state index in [0.717, 1.165) is 5.71 Å². The van der Waals surface area contributed by atoms with E-state index >= 15 is 0 Å². The van der Waals surface area contributed by atoms with E-state index in [9.17, 15) is 4.79 Å². The molecule has 3 nitrogen and oxygen atoms in total. The van der Waals surface area contributed by atoms with Crippen molar-refractivity contribution in [1.29, 1.82) is 0 Å². The van der Waals surface area contributed by atoms with Crippen molar-refractivity contribution in [3.05, 3.63) is 22.2 Å². The number of rotatable bonds is 0. The van der Waals surface area contributed by atoms with Gasteiger partial charge >= 0.3 is 0 Å². The third-order valence-electron chi connectivity index (χ3n) is 2.61. The molecular weight excluding hydrogens is 247 g/mol. The van der Waals surface area contributed by atoms with E-state index in [-0.39, 0.29) is 11.8 Å². The van der Waals surface area contributed by atoms with E-state index < -0.39 is 0 Å². The Balaban J connectivity index is 2.59. The molecule has 1 N–H and O–H groups in total.